The molecule has 2 aromatic carbocycles. The Bertz CT molecular complexity index is 888. The Morgan fingerprint density at radius 2 is 2.00 bits per heavy atom. The summed E-state index contributed by atoms with van der Waals surface area (Å²) in [5, 5.41) is 9.82. The van der Waals surface area contributed by atoms with Crippen molar-refractivity contribution in [3.63, 3.8) is 0 Å². The SMILES string of the molecule is CCOC(=O)/C(C#N)=C\c1cc(Br)c(OCc2ccc(Cl)cc2)c(OC)c1. The summed E-state index contributed by atoms with van der Waals surface area (Å²) < 4.78 is 16.8. The number of nitrogens with zero attached hydrogens (tertiary/aromatic N) is 1. The van der Waals surface area contributed by atoms with Gasteiger partial charge in [-0.25, -0.2) is 4.79 Å². The van der Waals surface area contributed by atoms with Crippen molar-refractivity contribution in [3.05, 3.63) is 62.6 Å². The lowest BCUT2D eigenvalue weighted by atomic mass is 10.1. The summed E-state index contributed by atoms with van der Waals surface area (Å²) in [6, 6.07) is 12.6. The third-order valence-electron chi connectivity index (χ3n) is 3.48. The van der Waals surface area contributed by atoms with Gasteiger partial charge in [-0.15, -0.1) is 0 Å². The van der Waals surface area contributed by atoms with Gasteiger partial charge in [0.15, 0.2) is 11.5 Å². The predicted octanol–water partition coefficient (Wildman–Crippen LogP) is 5.16. The van der Waals surface area contributed by atoms with Crippen LogP contribution in [0, 0.1) is 11.3 Å². The van der Waals surface area contributed by atoms with Crippen LogP contribution < -0.4 is 9.47 Å². The molecule has 0 bridgehead atoms. The molecule has 0 aliphatic heterocycles. The fraction of sp³-hybridized carbons (Fsp3) is 0.200. The molecule has 0 radical (unpaired) electrons. The smallest absolute Gasteiger partial charge is 0.348 e. The van der Waals surface area contributed by atoms with E-state index in [9.17, 15) is 4.79 Å². The van der Waals surface area contributed by atoms with Crippen molar-refractivity contribution in [2.75, 3.05) is 13.7 Å². The molecule has 27 heavy (non-hydrogen) atoms. The summed E-state index contributed by atoms with van der Waals surface area (Å²) in [7, 11) is 1.51. The zero-order valence-corrected chi connectivity index (χ0v) is 17.1. The summed E-state index contributed by atoms with van der Waals surface area (Å²) in [4.78, 5) is 11.8. The molecule has 140 valence electrons. The van der Waals surface area contributed by atoms with E-state index in [1.807, 2.05) is 18.2 Å². The number of carbonyl (C=O) groups excluding carboxylic acids is 1. The molecule has 7 heteroatoms. The van der Waals surface area contributed by atoms with Gasteiger partial charge in [-0.3, -0.25) is 0 Å². The molecule has 0 saturated heterocycles. The van der Waals surface area contributed by atoms with Crippen LogP contribution in [-0.2, 0) is 16.1 Å². The first-order valence-corrected chi connectivity index (χ1v) is 9.19. The van der Waals surface area contributed by atoms with Crippen LogP contribution in [0.25, 0.3) is 6.08 Å². The first-order chi connectivity index (χ1) is 13.0. The highest BCUT2D eigenvalue weighted by Gasteiger charge is 2.14. The number of ether oxygens (including phenoxy) is 3. The van der Waals surface area contributed by atoms with Crippen LogP contribution >= 0.6 is 27.5 Å². The van der Waals surface area contributed by atoms with Gasteiger partial charge >= 0.3 is 5.97 Å². The van der Waals surface area contributed by atoms with E-state index in [0.717, 1.165) is 5.56 Å². The average molecular weight is 451 g/mol. The second-order valence-corrected chi connectivity index (χ2v) is 6.63. The fourth-order valence-electron chi connectivity index (χ4n) is 2.21. The van der Waals surface area contributed by atoms with Crippen molar-refractivity contribution in [1.82, 2.24) is 0 Å². The second-order valence-electron chi connectivity index (χ2n) is 5.34. The molecule has 0 aromatic heterocycles. The van der Waals surface area contributed by atoms with Crippen LogP contribution in [0.3, 0.4) is 0 Å². The Morgan fingerprint density at radius 3 is 2.59 bits per heavy atom. The maximum Gasteiger partial charge on any atom is 0.348 e. The van der Waals surface area contributed by atoms with Crippen molar-refractivity contribution >= 4 is 39.6 Å². The monoisotopic (exact) mass is 449 g/mol. The Hall–Kier alpha value is -2.49. The highest BCUT2D eigenvalue weighted by Crippen LogP contribution is 2.37. The van der Waals surface area contributed by atoms with Gasteiger partial charge in [0.1, 0.15) is 18.2 Å². The van der Waals surface area contributed by atoms with Crippen LogP contribution in [0.1, 0.15) is 18.1 Å². The lowest BCUT2D eigenvalue weighted by Gasteiger charge is -2.14. The topological polar surface area (TPSA) is 68.6 Å². The molecule has 5 nitrogen and oxygen atoms in total. The van der Waals surface area contributed by atoms with Crippen molar-refractivity contribution in [2.45, 2.75) is 13.5 Å². The Balaban J connectivity index is 2.27. The van der Waals surface area contributed by atoms with E-state index in [1.165, 1.54) is 13.2 Å². The summed E-state index contributed by atoms with van der Waals surface area (Å²) in [5.74, 6) is 0.308. The van der Waals surface area contributed by atoms with Crippen LogP contribution in [0.2, 0.25) is 5.02 Å². The van der Waals surface area contributed by atoms with Crippen LogP contribution in [0.4, 0.5) is 0 Å². The standard InChI is InChI=1S/C20H17BrClNO4/c1-3-26-20(24)15(11-23)8-14-9-17(21)19(18(10-14)25-2)27-12-13-4-6-16(22)7-5-13/h4-10H,3,12H2,1-2H3/b15-8-. The van der Waals surface area contributed by atoms with Crippen molar-refractivity contribution < 1.29 is 19.0 Å². The molecule has 0 atom stereocenters. The first kappa shape index (κ1) is 20.8. The lowest BCUT2D eigenvalue weighted by Crippen LogP contribution is -2.06. The highest BCUT2D eigenvalue weighted by molar-refractivity contribution is 9.10. The molecule has 2 rings (SSSR count). The minimum Gasteiger partial charge on any atom is -0.493 e. The van der Waals surface area contributed by atoms with Crippen LogP contribution in [0.15, 0.2) is 46.4 Å². The van der Waals surface area contributed by atoms with Gasteiger partial charge in [0.05, 0.1) is 18.2 Å². The Kier molecular flexibility index (Phi) is 7.71. The van der Waals surface area contributed by atoms with E-state index in [0.29, 0.717) is 33.2 Å². The van der Waals surface area contributed by atoms with E-state index in [-0.39, 0.29) is 12.2 Å². The zero-order chi connectivity index (χ0) is 19.8. The van der Waals surface area contributed by atoms with E-state index >= 15 is 0 Å². The number of benzene rings is 2. The number of hydrogen-bond acceptors (Lipinski definition) is 5. The number of halogens is 2. The van der Waals surface area contributed by atoms with E-state index in [1.54, 1.807) is 31.2 Å². The summed E-state index contributed by atoms with van der Waals surface area (Å²) >= 11 is 9.33. The average Bonchev–Trinajstić information content (AvgIpc) is 2.66. The maximum atomic E-state index is 11.8. The summed E-state index contributed by atoms with van der Waals surface area (Å²) in [6.07, 6.45) is 1.44. The normalized spacial score (nSPS) is 10.9. The zero-order valence-electron chi connectivity index (χ0n) is 14.8. The molecule has 0 fully saturated rings. The van der Waals surface area contributed by atoms with E-state index in [2.05, 4.69) is 15.9 Å². The van der Waals surface area contributed by atoms with Crippen LogP contribution in [-0.4, -0.2) is 19.7 Å². The molecule has 0 aliphatic rings. The van der Waals surface area contributed by atoms with Crippen molar-refractivity contribution in [1.29, 1.82) is 5.26 Å². The molecule has 0 aliphatic carbocycles. The minimum atomic E-state index is -0.668. The van der Waals surface area contributed by atoms with Crippen molar-refractivity contribution in [2.24, 2.45) is 0 Å². The summed E-state index contributed by atoms with van der Waals surface area (Å²) in [6.45, 7) is 2.20. The molecule has 0 unspecified atom stereocenters. The molecular formula is C20H17BrClNO4. The number of nitriles is 1. The van der Waals surface area contributed by atoms with Gasteiger partial charge in [0.2, 0.25) is 0 Å². The minimum absolute atomic E-state index is 0.0966. The van der Waals surface area contributed by atoms with Gasteiger partial charge in [-0.1, -0.05) is 23.7 Å². The first-order valence-electron chi connectivity index (χ1n) is 8.02. The van der Waals surface area contributed by atoms with Gasteiger partial charge < -0.3 is 14.2 Å². The Morgan fingerprint density at radius 1 is 1.30 bits per heavy atom. The molecule has 0 heterocycles. The van der Waals surface area contributed by atoms with Gasteiger partial charge in [-0.05, 0) is 64.3 Å². The van der Waals surface area contributed by atoms with Gasteiger partial charge in [0, 0.05) is 5.02 Å². The predicted molar refractivity (Wildman–Crippen MR) is 107 cm³/mol. The molecule has 0 spiro atoms. The van der Waals surface area contributed by atoms with E-state index < -0.39 is 5.97 Å². The Labute approximate surface area is 171 Å². The molecule has 2 aromatic rings. The molecule has 0 N–H and O–H groups in total. The highest BCUT2D eigenvalue weighted by atomic mass is 79.9. The van der Waals surface area contributed by atoms with Gasteiger partial charge in [-0.2, -0.15) is 5.26 Å². The quantitative estimate of drug-likeness (QED) is 0.331. The molecular weight excluding hydrogens is 434 g/mol. The van der Waals surface area contributed by atoms with Crippen LogP contribution in [0.5, 0.6) is 11.5 Å². The number of hydrogen-bond donors (Lipinski definition) is 0. The van der Waals surface area contributed by atoms with E-state index in [4.69, 9.17) is 31.1 Å². The summed E-state index contributed by atoms with van der Waals surface area (Å²) in [5.41, 5.74) is 1.45. The maximum absolute atomic E-state index is 11.8. The number of carbonyl (C=O) groups is 1. The number of methoxy groups -OCH3 is 1. The lowest BCUT2D eigenvalue weighted by molar-refractivity contribution is -0.137. The second kappa shape index (κ2) is 10.0. The third-order valence-corrected chi connectivity index (χ3v) is 4.32. The third kappa shape index (κ3) is 5.75. The molecule has 0 amide bonds. The van der Waals surface area contributed by atoms with Crippen molar-refractivity contribution in [3.8, 4) is 17.6 Å². The fourth-order valence-corrected chi connectivity index (χ4v) is 2.91. The number of esters is 1. The number of rotatable bonds is 7. The largest absolute Gasteiger partial charge is 0.493 e. The molecule has 0 saturated carbocycles. The van der Waals surface area contributed by atoms with Gasteiger partial charge in [0.25, 0.3) is 0 Å².